The van der Waals surface area contributed by atoms with Gasteiger partial charge in [0.2, 0.25) is 0 Å². The Bertz CT molecular complexity index is 439. The van der Waals surface area contributed by atoms with E-state index in [9.17, 15) is 0 Å². The highest BCUT2D eigenvalue weighted by Crippen LogP contribution is 2.17. The molecule has 0 fully saturated rings. The standard InChI is InChI=1S/C13H14BrNO/c1-10(8-13-6-3-7-16-13)15-12-5-2-4-11(14)9-12/h2-7,9-10,15H,8H2,1H3. The fourth-order valence-corrected chi connectivity index (χ4v) is 2.04. The normalized spacial score (nSPS) is 12.4. The van der Waals surface area contributed by atoms with E-state index < -0.39 is 0 Å². The first-order valence-electron chi connectivity index (χ1n) is 5.28. The SMILES string of the molecule is CC(Cc1ccco1)Nc1cccc(Br)c1. The van der Waals surface area contributed by atoms with Gasteiger partial charge in [0, 0.05) is 22.6 Å². The van der Waals surface area contributed by atoms with Gasteiger partial charge in [0.05, 0.1) is 6.26 Å². The number of nitrogens with one attached hydrogen (secondary N) is 1. The second-order valence-electron chi connectivity index (χ2n) is 3.84. The van der Waals surface area contributed by atoms with E-state index >= 15 is 0 Å². The Morgan fingerprint density at radius 3 is 2.88 bits per heavy atom. The molecule has 1 atom stereocenters. The highest BCUT2D eigenvalue weighted by molar-refractivity contribution is 9.10. The number of hydrogen-bond donors (Lipinski definition) is 1. The van der Waals surface area contributed by atoms with E-state index in [4.69, 9.17) is 4.42 Å². The van der Waals surface area contributed by atoms with Gasteiger partial charge in [0.1, 0.15) is 5.76 Å². The second kappa shape index (κ2) is 5.21. The van der Waals surface area contributed by atoms with Crippen LogP contribution in [0.3, 0.4) is 0 Å². The van der Waals surface area contributed by atoms with Crippen LogP contribution < -0.4 is 5.32 Å². The Morgan fingerprint density at radius 2 is 2.19 bits per heavy atom. The summed E-state index contributed by atoms with van der Waals surface area (Å²) in [5, 5.41) is 3.43. The maximum absolute atomic E-state index is 5.32. The number of furan rings is 1. The van der Waals surface area contributed by atoms with Crippen molar-refractivity contribution in [1.29, 1.82) is 0 Å². The van der Waals surface area contributed by atoms with Crippen LogP contribution in [0.4, 0.5) is 5.69 Å². The van der Waals surface area contributed by atoms with Crippen molar-refractivity contribution in [3.63, 3.8) is 0 Å². The van der Waals surface area contributed by atoms with E-state index in [0.29, 0.717) is 6.04 Å². The summed E-state index contributed by atoms with van der Waals surface area (Å²) in [6.07, 6.45) is 2.60. The Balaban J connectivity index is 1.94. The molecule has 16 heavy (non-hydrogen) atoms. The molecule has 3 heteroatoms. The van der Waals surface area contributed by atoms with Crippen LogP contribution in [0.15, 0.2) is 51.6 Å². The first kappa shape index (κ1) is 11.3. The van der Waals surface area contributed by atoms with Crippen molar-refractivity contribution in [1.82, 2.24) is 0 Å². The van der Waals surface area contributed by atoms with E-state index in [0.717, 1.165) is 22.3 Å². The van der Waals surface area contributed by atoms with Crippen LogP contribution in [0.1, 0.15) is 12.7 Å². The summed E-state index contributed by atoms with van der Waals surface area (Å²) in [7, 11) is 0. The Morgan fingerprint density at radius 1 is 1.31 bits per heavy atom. The summed E-state index contributed by atoms with van der Waals surface area (Å²) >= 11 is 3.45. The monoisotopic (exact) mass is 279 g/mol. The van der Waals surface area contributed by atoms with Gasteiger partial charge in [-0.15, -0.1) is 0 Å². The number of halogens is 1. The highest BCUT2D eigenvalue weighted by Gasteiger charge is 2.05. The topological polar surface area (TPSA) is 25.2 Å². The molecule has 0 amide bonds. The van der Waals surface area contributed by atoms with Crippen LogP contribution in [0.5, 0.6) is 0 Å². The van der Waals surface area contributed by atoms with E-state index in [-0.39, 0.29) is 0 Å². The van der Waals surface area contributed by atoms with Gasteiger partial charge >= 0.3 is 0 Å². The molecule has 2 nitrogen and oxygen atoms in total. The molecule has 0 saturated heterocycles. The molecule has 0 saturated carbocycles. The molecule has 0 aliphatic carbocycles. The average Bonchev–Trinajstić information content (AvgIpc) is 2.70. The predicted octanol–water partition coefficient (Wildman–Crippen LogP) is 4.09. The molecular weight excluding hydrogens is 266 g/mol. The third-order valence-corrected chi connectivity index (χ3v) is 2.82. The predicted molar refractivity (Wildman–Crippen MR) is 69.6 cm³/mol. The molecule has 2 aromatic rings. The summed E-state index contributed by atoms with van der Waals surface area (Å²) in [5.74, 6) is 1.01. The largest absolute Gasteiger partial charge is 0.469 e. The molecular formula is C13H14BrNO. The van der Waals surface area contributed by atoms with Crippen LogP contribution >= 0.6 is 15.9 Å². The Labute approximate surface area is 104 Å². The van der Waals surface area contributed by atoms with Crippen LogP contribution in [-0.4, -0.2) is 6.04 Å². The zero-order valence-electron chi connectivity index (χ0n) is 9.11. The molecule has 0 radical (unpaired) electrons. The number of hydrogen-bond acceptors (Lipinski definition) is 2. The van der Waals surface area contributed by atoms with Crippen LogP contribution in [0.2, 0.25) is 0 Å². The summed E-state index contributed by atoms with van der Waals surface area (Å²) in [4.78, 5) is 0. The minimum Gasteiger partial charge on any atom is -0.469 e. The molecule has 0 spiro atoms. The number of benzene rings is 1. The first-order valence-corrected chi connectivity index (χ1v) is 6.08. The van der Waals surface area contributed by atoms with Crippen LogP contribution in [0.25, 0.3) is 0 Å². The van der Waals surface area contributed by atoms with Gasteiger partial charge in [-0.3, -0.25) is 0 Å². The van der Waals surface area contributed by atoms with E-state index in [1.54, 1.807) is 6.26 Å². The van der Waals surface area contributed by atoms with Gasteiger partial charge in [-0.2, -0.15) is 0 Å². The van der Waals surface area contributed by atoms with Crippen molar-refractivity contribution < 1.29 is 4.42 Å². The Hall–Kier alpha value is -1.22. The zero-order valence-corrected chi connectivity index (χ0v) is 10.7. The van der Waals surface area contributed by atoms with Crippen molar-refractivity contribution >= 4 is 21.6 Å². The summed E-state index contributed by atoms with van der Waals surface area (Å²) in [5.41, 5.74) is 1.12. The fraction of sp³-hybridized carbons (Fsp3) is 0.231. The molecule has 2 rings (SSSR count). The molecule has 1 unspecified atom stereocenters. The van der Waals surface area contributed by atoms with Gasteiger partial charge in [0.25, 0.3) is 0 Å². The quantitative estimate of drug-likeness (QED) is 0.912. The lowest BCUT2D eigenvalue weighted by molar-refractivity contribution is 0.498. The molecule has 1 aromatic heterocycles. The van der Waals surface area contributed by atoms with Crippen molar-refractivity contribution in [2.45, 2.75) is 19.4 Å². The fourth-order valence-electron chi connectivity index (χ4n) is 1.64. The lowest BCUT2D eigenvalue weighted by Gasteiger charge is -2.14. The van der Waals surface area contributed by atoms with Crippen molar-refractivity contribution in [2.75, 3.05) is 5.32 Å². The lowest BCUT2D eigenvalue weighted by Crippen LogP contribution is -2.17. The highest BCUT2D eigenvalue weighted by atomic mass is 79.9. The lowest BCUT2D eigenvalue weighted by atomic mass is 10.2. The van der Waals surface area contributed by atoms with Crippen LogP contribution in [0, 0.1) is 0 Å². The van der Waals surface area contributed by atoms with E-state index in [1.807, 2.05) is 24.3 Å². The maximum atomic E-state index is 5.32. The molecule has 1 heterocycles. The van der Waals surface area contributed by atoms with Crippen molar-refractivity contribution in [2.24, 2.45) is 0 Å². The van der Waals surface area contributed by atoms with Gasteiger partial charge < -0.3 is 9.73 Å². The Kier molecular flexibility index (Phi) is 3.67. The molecule has 84 valence electrons. The molecule has 0 aliphatic rings. The second-order valence-corrected chi connectivity index (χ2v) is 4.75. The van der Waals surface area contributed by atoms with Crippen molar-refractivity contribution in [3.8, 4) is 0 Å². The molecule has 1 aromatic carbocycles. The van der Waals surface area contributed by atoms with Gasteiger partial charge in [-0.25, -0.2) is 0 Å². The smallest absolute Gasteiger partial charge is 0.105 e. The van der Waals surface area contributed by atoms with Crippen molar-refractivity contribution in [3.05, 3.63) is 52.9 Å². The minimum absolute atomic E-state index is 0.348. The maximum Gasteiger partial charge on any atom is 0.105 e. The van der Waals surface area contributed by atoms with Gasteiger partial charge in [0.15, 0.2) is 0 Å². The average molecular weight is 280 g/mol. The third-order valence-electron chi connectivity index (χ3n) is 2.33. The summed E-state index contributed by atoms with van der Waals surface area (Å²) in [6.45, 7) is 2.14. The summed E-state index contributed by atoms with van der Waals surface area (Å²) in [6, 6.07) is 12.4. The summed E-state index contributed by atoms with van der Waals surface area (Å²) < 4.78 is 6.40. The van der Waals surface area contributed by atoms with Crippen LogP contribution in [-0.2, 0) is 6.42 Å². The third kappa shape index (κ3) is 3.14. The zero-order chi connectivity index (χ0) is 11.4. The number of rotatable bonds is 4. The number of anilines is 1. The molecule has 1 N–H and O–H groups in total. The molecule has 0 aliphatic heterocycles. The molecule has 0 bridgehead atoms. The first-order chi connectivity index (χ1) is 7.74. The minimum atomic E-state index is 0.348. The van der Waals surface area contributed by atoms with E-state index in [1.165, 1.54) is 0 Å². The van der Waals surface area contributed by atoms with Gasteiger partial charge in [-0.1, -0.05) is 22.0 Å². The van der Waals surface area contributed by atoms with Gasteiger partial charge in [-0.05, 0) is 37.3 Å². The van der Waals surface area contributed by atoms with E-state index in [2.05, 4.69) is 40.3 Å².